The van der Waals surface area contributed by atoms with E-state index in [4.69, 9.17) is 24.5 Å². The maximum absolute atomic E-state index is 12.8. The quantitative estimate of drug-likeness (QED) is 0.0371. The lowest BCUT2D eigenvalue weighted by Gasteiger charge is -2.30. The Morgan fingerprint density at radius 3 is 1.05 bits per heavy atom. The van der Waals surface area contributed by atoms with Crippen LogP contribution in [0.3, 0.4) is 0 Å². The van der Waals surface area contributed by atoms with E-state index < -0.39 is 0 Å². The van der Waals surface area contributed by atoms with Crippen molar-refractivity contribution >= 4 is 0 Å². The van der Waals surface area contributed by atoms with Gasteiger partial charge in [-0.1, -0.05) is 212 Å². The van der Waals surface area contributed by atoms with Crippen molar-refractivity contribution in [1.82, 2.24) is 10.1 Å². The minimum Gasteiger partial charge on any atom is -0.397 e. The molecule has 2 atom stereocenters. The third kappa shape index (κ3) is 35.7. The molecule has 2 unspecified atom stereocenters. The van der Waals surface area contributed by atoms with E-state index in [1.54, 1.807) is 17.1 Å². The Hall–Kier alpha value is -1.52. The third-order valence-corrected chi connectivity index (χ3v) is 11.8. The van der Waals surface area contributed by atoms with E-state index in [9.17, 15) is 4.91 Å². The Morgan fingerprint density at radius 2 is 0.746 bits per heavy atom. The molecule has 0 spiro atoms. The van der Waals surface area contributed by atoms with Gasteiger partial charge in [-0.05, 0) is 71.1 Å². The monoisotopic (exact) mass is 837 g/mol. The molecule has 0 radical (unpaired) electrons. The molecule has 2 aliphatic heterocycles. The fourth-order valence-corrected chi connectivity index (χ4v) is 8.11. The molecule has 0 aromatic heterocycles. The zero-order valence-electron chi connectivity index (χ0n) is 39.3. The Morgan fingerprint density at radius 1 is 0.475 bits per heavy atom. The molecule has 0 bridgehead atoms. The van der Waals surface area contributed by atoms with Crippen molar-refractivity contribution in [3.8, 4) is 0 Å². The normalized spacial score (nSPS) is 17.8. The Bertz CT molecular complexity index is 866. The van der Waals surface area contributed by atoms with E-state index in [1.807, 2.05) is 0 Å². The van der Waals surface area contributed by atoms with Crippen molar-refractivity contribution in [1.29, 1.82) is 0 Å². The van der Waals surface area contributed by atoms with Crippen LogP contribution in [0.15, 0.2) is 24.3 Å². The second kappa shape index (κ2) is 44.5. The maximum atomic E-state index is 12.8. The molecular formula is C50H98N3O6+. The number of aliphatic hydroxyl groups excluding tert-OH is 1. The summed E-state index contributed by atoms with van der Waals surface area (Å²) in [7, 11) is 0. The van der Waals surface area contributed by atoms with Crippen molar-refractivity contribution in [3.05, 3.63) is 29.2 Å². The number of hydrogen-bond acceptors (Lipinski definition) is 8. The van der Waals surface area contributed by atoms with Crippen LogP contribution in [0.25, 0.3) is 0 Å². The van der Waals surface area contributed by atoms with E-state index >= 15 is 0 Å². The van der Waals surface area contributed by atoms with Gasteiger partial charge in [0.2, 0.25) is 0 Å². The van der Waals surface area contributed by atoms with E-state index in [2.05, 4.69) is 38.2 Å². The van der Waals surface area contributed by atoms with Crippen molar-refractivity contribution < 1.29 is 29.5 Å². The third-order valence-electron chi connectivity index (χ3n) is 11.8. The summed E-state index contributed by atoms with van der Waals surface area (Å²) in [4.78, 5) is 24.2. The van der Waals surface area contributed by atoms with Gasteiger partial charge in [-0.2, -0.15) is 0 Å². The average Bonchev–Trinajstić information content (AvgIpc) is 3.24. The lowest BCUT2D eigenvalue weighted by atomic mass is 10.0. The molecule has 2 heterocycles. The SMILES string of the molecule is CCCCCCCCCCCCCCCC=CCCCC1COCCN1O[N+](=O)ON1CCOCC1CCCC=CCCCCCCCCCCCCCCC.CCO. The number of allylic oxidation sites excluding steroid dienone is 4. The van der Waals surface area contributed by atoms with E-state index in [0.717, 1.165) is 38.5 Å². The molecule has 0 aromatic carbocycles. The van der Waals surface area contributed by atoms with Gasteiger partial charge in [-0.3, -0.25) is 0 Å². The second-order valence-electron chi connectivity index (χ2n) is 17.3. The molecule has 348 valence electrons. The van der Waals surface area contributed by atoms with E-state index in [-0.39, 0.29) is 18.7 Å². The maximum Gasteiger partial charge on any atom is 0.519 e. The van der Waals surface area contributed by atoms with Crippen LogP contribution in [-0.2, 0) is 19.4 Å². The van der Waals surface area contributed by atoms with Gasteiger partial charge < -0.3 is 14.6 Å². The van der Waals surface area contributed by atoms with Crippen molar-refractivity contribution in [2.45, 2.75) is 251 Å². The molecule has 0 amide bonds. The highest BCUT2D eigenvalue weighted by molar-refractivity contribution is 4.83. The summed E-state index contributed by atoms with van der Waals surface area (Å²) in [5.41, 5.74) is 0. The van der Waals surface area contributed by atoms with Crippen molar-refractivity contribution in [3.63, 3.8) is 0 Å². The summed E-state index contributed by atoms with van der Waals surface area (Å²) in [6.45, 7) is 9.87. The van der Waals surface area contributed by atoms with Crippen LogP contribution in [0.1, 0.15) is 239 Å². The number of aliphatic hydroxyl groups is 1. The Balaban J connectivity index is 0.00000562. The fourth-order valence-electron chi connectivity index (χ4n) is 8.11. The fraction of sp³-hybridized carbons (Fsp3) is 0.920. The first-order chi connectivity index (χ1) is 29.2. The standard InChI is InChI=1S/C48H92N3O5.C2H6O/c1-3-5-7-9-11-13-15-17-19-21-23-25-27-29-31-33-35-37-39-47-45-53-43-41-49(47)55-51(52)56-50-42-44-54-46-48(50)40-38-36-34-32-30-28-26-24-22-20-18-16-14-12-10-8-6-4-2;1-2-3/h31-34,47-48H,3-30,35-46H2,1-2H3;3H,2H2,1H3/q+1;. The Labute approximate surface area is 365 Å². The predicted octanol–water partition coefficient (Wildman–Crippen LogP) is 14.3. The summed E-state index contributed by atoms with van der Waals surface area (Å²) < 4.78 is 11.5. The molecule has 9 heteroatoms. The molecule has 2 saturated heterocycles. The van der Waals surface area contributed by atoms with Gasteiger partial charge in [0.1, 0.15) is 4.91 Å². The smallest absolute Gasteiger partial charge is 0.397 e. The lowest BCUT2D eigenvalue weighted by molar-refractivity contribution is -1.04. The number of morpholine rings is 2. The van der Waals surface area contributed by atoms with Crippen LogP contribution in [0.4, 0.5) is 0 Å². The first-order valence-corrected chi connectivity index (χ1v) is 25.6. The van der Waals surface area contributed by atoms with Gasteiger partial charge in [0.25, 0.3) is 0 Å². The molecule has 59 heavy (non-hydrogen) atoms. The van der Waals surface area contributed by atoms with Crippen LogP contribution in [0.2, 0.25) is 0 Å². The number of hydroxylamine groups is 4. The molecule has 1 N–H and O–H groups in total. The van der Waals surface area contributed by atoms with Crippen LogP contribution >= 0.6 is 0 Å². The largest absolute Gasteiger partial charge is 0.519 e. The minimum atomic E-state index is 0.0465. The van der Waals surface area contributed by atoms with Gasteiger partial charge in [0, 0.05) is 6.61 Å². The molecule has 9 nitrogen and oxygen atoms in total. The molecule has 0 aromatic rings. The molecular weight excluding hydrogens is 739 g/mol. The van der Waals surface area contributed by atoms with Gasteiger partial charge in [-0.25, -0.2) is 0 Å². The highest BCUT2D eigenvalue weighted by Gasteiger charge is 2.36. The zero-order valence-corrected chi connectivity index (χ0v) is 39.3. The molecule has 2 rings (SSSR count). The van der Waals surface area contributed by atoms with E-state index in [1.165, 1.54) is 180 Å². The highest BCUT2D eigenvalue weighted by Crippen LogP contribution is 2.19. The van der Waals surface area contributed by atoms with Gasteiger partial charge in [0.05, 0.1) is 51.6 Å². The highest BCUT2D eigenvalue weighted by atomic mass is 17.1. The van der Waals surface area contributed by atoms with Gasteiger partial charge >= 0.3 is 5.09 Å². The number of hydrogen-bond donors (Lipinski definition) is 1. The summed E-state index contributed by atoms with van der Waals surface area (Å²) in [6.07, 6.45) is 54.1. The second-order valence-corrected chi connectivity index (χ2v) is 17.3. The van der Waals surface area contributed by atoms with Crippen LogP contribution in [0, 0.1) is 4.91 Å². The summed E-state index contributed by atoms with van der Waals surface area (Å²) >= 11 is 0. The van der Waals surface area contributed by atoms with Crippen LogP contribution in [-0.4, -0.2) is 78.5 Å². The number of unbranched alkanes of at least 4 members (excludes halogenated alkanes) is 28. The first kappa shape index (κ1) is 55.5. The average molecular weight is 837 g/mol. The van der Waals surface area contributed by atoms with E-state index in [0.29, 0.717) is 44.6 Å². The first-order valence-electron chi connectivity index (χ1n) is 25.6. The number of ether oxygens (including phenoxy) is 2. The summed E-state index contributed by atoms with van der Waals surface area (Å²) in [5.74, 6) is 0. The minimum absolute atomic E-state index is 0.0465. The topological polar surface area (TPSA) is 83.7 Å². The van der Waals surface area contributed by atoms with Crippen molar-refractivity contribution in [2.75, 3.05) is 46.1 Å². The molecule has 2 fully saturated rings. The van der Waals surface area contributed by atoms with Crippen LogP contribution < -0.4 is 0 Å². The predicted molar refractivity (Wildman–Crippen MR) is 248 cm³/mol. The number of nitrogens with zero attached hydrogens (tertiary/aromatic N) is 3. The molecule has 0 aliphatic carbocycles. The van der Waals surface area contributed by atoms with Crippen LogP contribution in [0.5, 0.6) is 0 Å². The summed E-state index contributed by atoms with van der Waals surface area (Å²) in [6, 6.07) is 0.0931. The summed E-state index contributed by atoms with van der Waals surface area (Å²) in [5, 5.41) is 11.4. The number of rotatable bonds is 40. The van der Waals surface area contributed by atoms with Gasteiger partial charge in [-0.15, -0.1) is 0 Å². The Kier molecular flexibility index (Phi) is 41.9. The lowest BCUT2D eigenvalue weighted by Crippen LogP contribution is -2.50. The molecule has 0 saturated carbocycles. The van der Waals surface area contributed by atoms with Gasteiger partial charge in [0.15, 0.2) is 0 Å². The molecule has 2 aliphatic rings. The zero-order chi connectivity index (χ0) is 42.5. The van der Waals surface area contributed by atoms with Crippen molar-refractivity contribution in [2.24, 2.45) is 0 Å².